The van der Waals surface area contributed by atoms with Crippen LogP contribution in [0.1, 0.15) is 16.1 Å². The molecule has 8 nitrogen and oxygen atoms in total. The standard InChI is InChI=1S/C21H21NO7/c1-26-15-5-3-13(4-6-15)11-28-12-17(21(24)25)22-20(23)19-10-14-9-16(27-2)7-8-18(14)29-19/h3-10,17H,11-12H2,1-2H3,(H,22,23)(H,24,25)/t17-/m0/s1. The van der Waals surface area contributed by atoms with Gasteiger partial charge < -0.3 is 29.1 Å². The Morgan fingerprint density at radius 1 is 1.03 bits per heavy atom. The molecule has 0 saturated carbocycles. The first kappa shape index (κ1) is 20.2. The van der Waals surface area contributed by atoms with Gasteiger partial charge in [-0.25, -0.2) is 4.79 Å². The van der Waals surface area contributed by atoms with Crippen molar-refractivity contribution in [2.45, 2.75) is 12.6 Å². The Morgan fingerprint density at radius 2 is 1.72 bits per heavy atom. The molecule has 1 atom stereocenters. The van der Waals surface area contributed by atoms with Gasteiger partial charge in [-0.05, 0) is 42.0 Å². The molecule has 0 radical (unpaired) electrons. The average Bonchev–Trinajstić information content (AvgIpc) is 3.16. The Kier molecular flexibility index (Phi) is 6.36. The van der Waals surface area contributed by atoms with Crippen molar-refractivity contribution in [3.63, 3.8) is 0 Å². The van der Waals surface area contributed by atoms with Crippen LogP contribution in [0.15, 0.2) is 52.9 Å². The molecule has 3 rings (SSSR count). The van der Waals surface area contributed by atoms with Gasteiger partial charge in [0.2, 0.25) is 0 Å². The van der Waals surface area contributed by atoms with Gasteiger partial charge in [0, 0.05) is 5.39 Å². The van der Waals surface area contributed by atoms with Crippen molar-refractivity contribution in [3.05, 3.63) is 59.9 Å². The van der Waals surface area contributed by atoms with Gasteiger partial charge in [0.05, 0.1) is 27.4 Å². The molecule has 0 aliphatic heterocycles. The molecule has 0 fully saturated rings. The summed E-state index contributed by atoms with van der Waals surface area (Å²) in [6, 6.07) is 12.6. The summed E-state index contributed by atoms with van der Waals surface area (Å²) in [6.07, 6.45) is 0. The number of ether oxygens (including phenoxy) is 3. The van der Waals surface area contributed by atoms with E-state index in [9.17, 15) is 14.7 Å². The van der Waals surface area contributed by atoms with E-state index < -0.39 is 17.9 Å². The zero-order chi connectivity index (χ0) is 20.8. The fraction of sp³-hybridized carbons (Fsp3) is 0.238. The second-order valence-corrected chi connectivity index (χ2v) is 6.24. The molecule has 0 spiro atoms. The second kappa shape index (κ2) is 9.11. The quantitative estimate of drug-likeness (QED) is 0.570. The van der Waals surface area contributed by atoms with Crippen LogP contribution in [-0.2, 0) is 16.1 Å². The summed E-state index contributed by atoms with van der Waals surface area (Å²) in [5.74, 6) is -0.491. The summed E-state index contributed by atoms with van der Waals surface area (Å²) >= 11 is 0. The average molecular weight is 399 g/mol. The fourth-order valence-corrected chi connectivity index (χ4v) is 2.68. The van der Waals surface area contributed by atoms with Crippen molar-refractivity contribution in [2.75, 3.05) is 20.8 Å². The van der Waals surface area contributed by atoms with Gasteiger partial charge in [-0.15, -0.1) is 0 Å². The molecule has 1 heterocycles. The highest BCUT2D eigenvalue weighted by atomic mass is 16.5. The molecule has 1 aromatic heterocycles. The zero-order valence-electron chi connectivity index (χ0n) is 16.0. The number of nitrogens with one attached hydrogen (secondary N) is 1. The number of amides is 1. The minimum absolute atomic E-state index is 0.00894. The molecule has 0 aliphatic carbocycles. The van der Waals surface area contributed by atoms with Crippen molar-refractivity contribution < 1.29 is 33.3 Å². The van der Waals surface area contributed by atoms with E-state index in [0.717, 1.165) is 5.56 Å². The van der Waals surface area contributed by atoms with Gasteiger partial charge in [-0.1, -0.05) is 12.1 Å². The SMILES string of the molecule is COc1ccc(COC[C@H](NC(=O)c2cc3cc(OC)ccc3o2)C(=O)O)cc1. The van der Waals surface area contributed by atoms with Crippen LogP contribution in [-0.4, -0.2) is 43.9 Å². The van der Waals surface area contributed by atoms with E-state index in [2.05, 4.69) is 5.32 Å². The Bertz CT molecular complexity index is 994. The Morgan fingerprint density at radius 3 is 2.38 bits per heavy atom. The van der Waals surface area contributed by atoms with Crippen molar-refractivity contribution in [2.24, 2.45) is 0 Å². The molecule has 0 saturated heterocycles. The summed E-state index contributed by atoms with van der Waals surface area (Å²) in [5.41, 5.74) is 1.35. The Labute approximate surface area is 167 Å². The van der Waals surface area contributed by atoms with Gasteiger partial charge >= 0.3 is 5.97 Å². The zero-order valence-corrected chi connectivity index (χ0v) is 16.0. The number of carboxylic acids is 1. The van der Waals surface area contributed by atoms with Crippen molar-refractivity contribution in [3.8, 4) is 11.5 Å². The molecule has 0 bridgehead atoms. The molecule has 2 N–H and O–H groups in total. The fourth-order valence-electron chi connectivity index (χ4n) is 2.68. The maximum atomic E-state index is 12.4. The number of furan rings is 1. The number of benzene rings is 2. The number of rotatable bonds is 9. The molecule has 8 heteroatoms. The van der Waals surface area contributed by atoms with E-state index in [1.165, 1.54) is 13.2 Å². The van der Waals surface area contributed by atoms with Crippen molar-refractivity contribution in [1.29, 1.82) is 0 Å². The Hall–Kier alpha value is -3.52. The first-order chi connectivity index (χ1) is 14.0. The summed E-state index contributed by atoms with van der Waals surface area (Å²) in [5, 5.41) is 12.5. The minimum atomic E-state index is -1.22. The van der Waals surface area contributed by atoms with Crippen LogP contribution in [0.5, 0.6) is 11.5 Å². The number of carbonyl (C=O) groups is 2. The van der Waals surface area contributed by atoms with Crippen LogP contribution in [0.25, 0.3) is 11.0 Å². The van der Waals surface area contributed by atoms with Gasteiger partial charge in [-0.2, -0.15) is 0 Å². The van der Waals surface area contributed by atoms with Gasteiger partial charge in [0.15, 0.2) is 11.8 Å². The smallest absolute Gasteiger partial charge is 0.328 e. The third-order valence-electron chi connectivity index (χ3n) is 4.26. The lowest BCUT2D eigenvalue weighted by molar-refractivity contribution is -0.141. The van der Waals surface area contributed by atoms with Crippen LogP contribution in [0, 0.1) is 0 Å². The van der Waals surface area contributed by atoms with Crippen LogP contribution in [0.4, 0.5) is 0 Å². The number of carbonyl (C=O) groups excluding carboxylic acids is 1. The molecule has 3 aromatic rings. The second-order valence-electron chi connectivity index (χ2n) is 6.24. The third kappa shape index (κ3) is 5.05. The first-order valence-corrected chi connectivity index (χ1v) is 8.82. The molecule has 152 valence electrons. The molecule has 0 unspecified atom stereocenters. The molecular formula is C21H21NO7. The van der Waals surface area contributed by atoms with Crippen LogP contribution >= 0.6 is 0 Å². The highest BCUT2D eigenvalue weighted by molar-refractivity contribution is 5.98. The summed E-state index contributed by atoms with van der Waals surface area (Å²) in [6.45, 7) is 0.00916. The maximum Gasteiger partial charge on any atom is 0.328 e. The monoisotopic (exact) mass is 399 g/mol. The molecule has 0 aliphatic rings. The summed E-state index contributed by atoms with van der Waals surface area (Å²) in [7, 11) is 3.11. The highest BCUT2D eigenvalue weighted by Gasteiger charge is 2.23. The lowest BCUT2D eigenvalue weighted by atomic mass is 10.2. The topological polar surface area (TPSA) is 107 Å². The minimum Gasteiger partial charge on any atom is -0.497 e. The molecule has 29 heavy (non-hydrogen) atoms. The van der Waals surface area contributed by atoms with Crippen LogP contribution in [0.3, 0.4) is 0 Å². The van der Waals surface area contributed by atoms with E-state index in [1.807, 2.05) is 12.1 Å². The molecular weight excluding hydrogens is 378 g/mol. The lowest BCUT2D eigenvalue weighted by Gasteiger charge is -2.14. The van der Waals surface area contributed by atoms with Gasteiger partial charge in [-0.3, -0.25) is 4.79 Å². The molecule has 2 aromatic carbocycles. The van der Waals surface area contributed by atoms with E-state index in [-0.39, 0.29) is 19.0 Å². The molecule has 1 amide bonds. The van der Waals surface area contributed by atoms with E-state index in [1.54, 1.807) is 37.4 Å². The first-order valence-electron chi connectivity index (χ1n) is 8.82. The predicted octanol–water partition coefficient (Wildman–Crippen LogP) is 2.85. The highest BCUT2D eigenvalue weighted by Crippen LogP contribution is 2.24. The predicted molar refractivity (Wildman–Crippen MR) is 104 cm³/mol. The van der Waals surface area contributed by atoms with Gasteiger partial charge in [0.25, 0.3) is 5.91 Å². The van der Waals surface area contributed by atoms with Crippen LogP contribution in [0.2, 0.25) is 0 Å². The Balaban J connectivity index is 1.60. The summed E-state index contributed by atoms with van der Waals surface area (Å²) in [4.78, 5) is 23.9. The largest absolute Gasteiger partial charge is 0.497 e. The van der Waals surface area contributed by atoms with E-state index >= 15 is 0 Å². The number of aliphatic carboxylic acids is 1. The normalized spacial score (nSPS) is 11.8. The number of hydrogen-bond donors (Lipinski definition) is 2. The maximum absolute atomic E-state index is 12.4. The lowest BCUT2D eigenvalue weighted by Crippen LogP contribution is -2.43. The number of hydrogen-bond acceptors (Lipinski definition) is 6. The number of methoxy groups -OCH3 is 2. The van der Waals surface area contributed by atoms with Crippen LogP contribution < -0.4 is 14.8 Å². The number of carboxylic acid groups (broad SMARTS) is 1. The third-order valence-corrected chi connectivity index (χ3v) is 4.26. The summed E-state index contributed by atoms with van der Waals surface area (Å²) < 4.78 is 21.2. The van der Waals surface area contributed by atoms with E-state index in [4.69, 9.17) is 18.6 Å². The van der Waals surface area contributed by atoms with Crippen molar-refractivity contribution >= 4 is 22.8 Å². The van der Waals surface area contributed by atoms with Gasteiger partial charge in [0.1, 0.15) is 17.1 Å². The number of fused-ring (bicyclic) bond motifs is 1. The van der Waals surface area contributed by atoms with Crippen molar-refractivity contribution in [1.82, 2.24) is 5.32 Å². The van der Waals surface area contributed by atoms with E-state index in [0.29, 0.717) is 22.5 Å².